The van der Waals surface area contributed by atoms with Crippen molar-refractivity contribution in [2.24, 2.45) is 0 Å². The molecule has 0 spiro atoms. The molecule has 6 nitrogen and oxygen atoms in total. The first kappa shape index (κ1) is 19.6. The highest BCUT2D eigenvalue weighted by Gasteiger charge is 2.09. The van der Waals surface area contributed by atoms with Crippen LogP contribution < -0.4 is 5.32 Å². The number of nitriles is 1. The van der Waals surface area contributed by atoms with Gasteiger partial charge in [0.05, 0.1) is 23.7 Å². The van der Waals surface area contributed by atoms with Crippen molar-refractivity contribution in [3.63, 3.8) is 0 Å². The summed E-state index contributed by atoms with van der Waals surface area (Å²) in [4.78, 5) is 22.3. The van der Waals surface area contributed by atoms with Gasteiger partial charge in [0.15, 0.2) is 0 Å². The molecule has 6 heteroatoms. The number of benzene rings is 1. The van der Waals surface area contributed by atoms with Crippen LogP contribution in [0, 0.1) is 18.3 Å². The van der Waals surface area contributed by atoms with E-state index in [1.165, 1.54) is 17.4 Å². The molecule has 0 unspecified atom stereocenters. The first-order chi connectivity index (χ1) is 13.1. The topological polar surface area (TPSA) is 81.9 Å². The van der Waals surface area contributed by atoms with Crippen molar-refractivity contribution in [1.82, 2.24) is 14.9 Å². The molecule has 0 bridgehead atoms. The number of aryl methyl sites for hydroxylation is 1. The number of hydrogen-bond acceptors (Lipinski definition) is 5. The smallest absolute Gasteiger partial charge is 0.235 e. The molecule has 0 saturated carbocycles. The van der Waals surface area contributed by atoms with Crippen LogP contribution in [-0.4, -0.2) is 20.8 Å². The Morgan fingerprint density at radius 2 is 2.22 bits per heavy atom. The lowest BCUT2D eigenvalue weighted by Gasteiger charge is -2.13. The summed E-state index contributed by atoms with van der Waals surface area (Å²) in [6, 6.07) is 9.05. The van der Waals surface area contributed by atoms with E-state index in [4.69, 9.17) is 5.26 Å². The maximum Gasteiger partial charge on any atom is 0.235 e. The van der Waals surface area contributed by atoms with E-state index in [2.05, 4.69) is 27.9 Å². The maximum absolute atomic E-state index is 12.5. The van der Waals surface area contributed by atoms with E-state index in [1.807, 2.05) is 32.1 Å². The predicted molar refractivity (Wildman–Crippen MR) is 106 cm³/mol. The van der Waals surface area contributed by atoms with Crippen molar-refractivity contribution in [3.8, 4) is 6.07 Å². The number of anilines is 1. The van der Waals surface area contributed by atoms with Gasteiger partial charge < -0.3 is 5.32 Å². The molecule has 0 fully saturated rings. The summed E-state index contributed by atoms with van der Waals surface area (Å²) in [6.45, 7) is 7.51. The van der Waals surface area contributed by atoms with E-state index in [-0.39, 0.29) is 12.3 Å². The molecule has 0 aliphatic heterocycles. The molecule has 1 aromatic carbocycles. The van der Waals surface area contributed by atoms with E-state index in [0.717, 1.165) is 16.8 Å². The van der Waals surface area contributed by atoms with E-state index >= 15 is 0 Å². The van der Waals surface area contributed by atoms with E-state index in [0.29, 0.717) is 11.4 Å². The first-order valence-electron chi connectivity index (χ1n) is 8.39. The number of amides is 1. The molecule has 1 amide bonds. The van der Waals surface area contributed by atoms with Gasteiger partial charge in [-0.25, -0.2) is 9.97 Å². The molecule has 2 rings (SSSR count). The highest BCUT2D eigenvalue weighted by Crippen LogP contribution is 2.16. The van der Waals surface area contributed by atoms with Gasteiger partial charge in [-0.15, -0.1) is 0 Å². The molecule has 1 heterocycles. The second kappa shape index (κ2) is 9.68. The molecular formula is C21H21N5O. The van der Waals surface area contributed by atoms with Crippen LogP contribution in [-0.2, 0) is 11.2 Å². The number of allylic oxidation sites excluding steroid dienone is 1. The minimum atomic E-state index is -0.161. The molecule has 1 N–H and O–H groups in total. The fourth-order valence-electron chi connectivity index (χ4n) is 2.42. The molecular weight excluding hydrogens is 338 g/mol. The molecule has 1 aromatic heterocycles. The van der Waals surface area contributed by atoms with Gasteiger partial charge in [0, 0.05) is 24.2 Å². The SMILES string of the molecule is C=CN(/C=C/Nc1ncnc(C)c1/C=C\C)C(=O)Cc1cccc(C#N)c1. The van der Waals surface area contributed by atoms with Crippen LogP contribution in [0.1, 0.15) is 29.3 Å². The highest BCUT2D eigenvalue weighted by atomic mass is 16.2. The number of carbonyl (C=O) groups excluding carboxylic acids is 1. The maximum atomic E-state index is 12.5. The average Bonchev–Trinajstić information content (AvgIpc) is 2.67. The molecule has 136 valence electrons. The fraction of sp³-hybridized carbons (Fsp3) is 0.143. The Morgan fingerprint density at radius 3 is 2.93 bits per heavy atom. The van der Waals surface area contributed by atoms with Crippen LogP contribution in [0.25, 0.3) is 6.08 Å². The lowest BCUT2D eigenvalue weighted by molar-refractivity contribution is -0.125. The zero-order valence-corrected chi connectivity index (χ0v) is 15.4. The van der Waals surface area contributed by atoms with Gasteiger partial charge in [0.25, 0.3) is 0 Å². The van der Waals surface area contributed by atoms with Crippen LogP contribution in [0.5, 0.6) is 0 Å². The van der Waals surface area contributed by atoms with Gasteiger partial charge in [-0.1, -0.05) is 30.9 Å². The van der Waals surface area contributed by atoms with Gasteiger partial charge in [0.2, 0.25) is 5.91 Å². The highest BCUT2D eigenvalue weighted by molar-refractivity contribution is 5.80. The molecule has 0 aliphatic carbocycles. The summed E-state index contributed by atoms with van der Waals surface area (Å²) >= 11 is 0. The summed E-state index contributed by atoms with van der Waals surface area (Å²) in [5.74, 6) is 0.487. The van der Waals surface area contributed by atoms with Gasteiger partial charge in [-0.2, -0.15) is 5.26 Å². The van der Waals surface area contributed by atoms with Crippen LogP contribution in [0.15, 0.2) is 61.8 Å². The Labute approximate surface area is 159 Å². The minimum Gasteiger partial charge on any atom is -0.345 e. The summed E-state index contributed by atoms with van der Waals surface area (Å²) in [5, 5.41) is 12.0. The van der Waals surface area contributed by atoms with Crippen molar-refractivity contribution < 1.29 is 4.79 Å². The Kier molecular flexibility index (Phi) is 7.03. The number of carbonyl (C=O) groups is 1. The number of nitrogens with zero attached hydrogens (tertiary/aromatic N) is 4. The summed E-state index contributed by atoms with van der Waals surface area (Å²) in [5.41, 5.74) is 3.04. The molecule has 27 heavy (non-hydrogen) atoms. The van der Waals surface area contributed by atoms with Crippen LogP contribution in [0.3, 0.4) is 0 Å². The second-order valence-corrected chi connectivity index (χ2v) is 5.65. The van der Waals surface area contributed by atoms with E-state index < -0.39 is 0 Å². The molecule has 0 radical (unpaired) electrons. The molecule has 2 aromatic rings. The zero-order chi connectivity index (χ0) is 19.6. The third-order valence-corrected chi connectivity index (χ3v) is 3.77. The van der Waals surface area contributed by atoms with Crippen molar-refractivity contribution in [1.29, 1.82) is 5.26 Å². The molecule has 0 atom stereocenters. The van der Waals surface area contributed by atoms with Gasteiger partial charge in [-0.05, 0) is 31.5 Å². The van der Waals surface area contributed by atoms with Crippen molar-refractivity contribution in [2.75, 3.05) is 5.32 Å². The first-order valence-corrected chi connectivity index (χ1v) is 8.39. The third kappa shape index (κ3) is 5.38. The van der Waals surface area contributed by atoms with Crippen molar-refractivity contribution in [2.45, 2.75) is 20.3 Å². The fourth-order valence-corrected chi connectivity index (χ4v) is 2.42. The minimum absolute atomic E-state index is 0.161. The lowest BCUT2D eigenvalue weighted by atomic mass is 10.1. The zero-order valence-electron chi connectivity index (χ0n) is 15.4. The quantitative estimate of drug-likeness (QED) is 0.813. The van der Waals surface area contributed by atoms with Crippen molar-refractivity contribution in [3.05, 3.63) is 84.2 Å². The van der Waals surface area contributed by atoms with E-state index in [1.54, 1.807) is 30.6 Å². The number of hydrogen-bond donors (Lipinski definition) is 1. The summed E-state index contributed by atoms with van der Waals surface area (Å²) in [6.07, 6.45) is 10.1. The van der Waals surface area contributed by atoms with Crippen LogP contribution in [0.4, 0.5) is 5.82 Å². The second-order valence-electron chi connectivity index (χ2n) is 5.65. The van der Waals surface area contributed by atoms with Crippen molar-refractivity contribution >= 4 is 17.8 Å². The predicted octanol–water partition coefficient (Wildman–Crippen LogP) is 3.79. The number of nitrogens with one attached hydrogen (secondary N) is 1. The largest absolute Gasteiger partial charge is 0.345 e. The molecule has 0 aliphatic rings. The Morgan fingerprint density at radius 1 is 1.41 bits per heavy atom. The van der Waals surface area contributed by atoms with Gasteiger partial charge >= 0.3 is 0 Å². The van der Waals surface area contributed by atoms with Gasteiger partial charge in [0.1, 0.15) is 12.1 Å². The standard InChI is InChI=1S/C21H21N5O/c1-4-7-19-16(3)24-15-25-21(19)23-10-11-26(5-2)20(27)13-17-8-6-9-18(12-17)14-22/h4-12,15H,2,13H2,1,3H3,(H,23,24,25)/b7-4-,11-10+. The Bertz CT molecular complexity index is 924. The Hall–Kier alpha value is -3.72. The number of aromatic nitrogens is 2. The normalized spacial score (nSPS) is 10.7. The van der Waals surface area contributed by atoms with Crippen LogP contribution in [0.2, 0.25) is 0 Å². The summed E-state index contributed by atoms with van der Waals surface area (Å²) in [7, 11) is 0. The van der Waals surface area contributed by atoms with Gasteiger partial charge in [-0.3, -0.25) is 9.69 Å². The average molecular weight is 359 g/mol. The Balaban J connectivity index is 2.08. The lowest BCUT2D eigenvalue weighted by Crippen LogP contribution is -2.22. The van der Waals surface area contributed by atoms with E-state index in [9.17, 15) is 4.79 Å². The summed E-state index contributed by atoms with van der Waals surface area (Å²) < 4.78 is 0. The molecule has 0 saturated heterocycles. The third-order valence-electron chi connectivity index (χ3n) is 3.77. The number of rotatable bonds is 7. The van der Waals surface area contributed by atoms with Crippen LogP contribution >= 0.6 is 0 Å². The monoisotopic (exact) mass is 359 g/mol.